The molecule has 0 saturated heterocycles. The van der Waals surface area contributed by atoms with E-state index >= 15 is 0 Å². The predicted octanol–water partition coefficient (Wildman–Crippen LogP) is 3.86. The average Bonchev–Trinajstić information content (AvgIpc) is 3.50. The summed E-state index contributed by atoms with van der Waals surface area (Å²) in [7, 11) is 0. The topological polar surface area (TPSA) is 64.0 Å². The van der Waals surface area contributed by atoms with Gasteiger partial charge in [-0.05, 0) is 43.5 Å². The van der Waals surface area contributed by atoms with Crippen molar-refractivity contribution in [1.82, 2.24) is 14.9 Å². The van der Waals surface area contributed by atoms with Gasteiger partial charge < -0.3 is 5.32 Å². The Morgan fingerprint density at radius 2 is 1.96 bits per heavy atom. The summed E-state index contributed by atoms with van der Waals surface area (Å²) < 4.78 is 1.61. The summed E-state index contributed by atoms with van der Waals surface area (Å²) in [5, 5.41) is 4.31. The highest BCUT2D eigenvalue weighted by atomic mass is 35.5. The van der Waals surface area contributed by atoms with Crippen molar-refractivity contribution in [2.75, 3.05) is 0 Å². The standard InChI is InChI=1S/C21H20ClN3O2S/c1-13(19(26)23-15-10-11-15)28-21-24-18-9-5-3-7-16(18)20(27)25(21)12-14-6-2-4-8-17(14)22/h2-9,13,15H,10-12H2,1H3,(H,23,26)/t13-/m1/s1. The molecule has 1 N–H and O–H groups in total. The highest BCUT2D eigenvalue weighted by Crippen LogP contribution is 2.26. The number of fused-ring (bicyclic) bond motifs is 1. The molecule has 7 heteroatoms. The normalized spacial score (nSPS) is 14.8. The van der Waals surface area contributed by atoms with E-state index in [1.165, 1.54) is 11.8 Å². The smallest absolute Gasteiger partial charge is 0.262 e. The van der Waals surface area contributed by atoms with Gasteiger partial charge in [0.05, 0.1) is 22.7 Å². The van der Waals surface area contributed by atoms with E-state index in [4.69, 9.17) is 11.6 Å². The SMILES string of the molecule is C[C@@H](Sc1nc2ccccc2c(=O)n1Cc1ccccc1Cl)C(=O)NC1CC1. The first-order valence-corrected chi connectivity index (χ1v) is 10.5. The number of carbonyl (C=O) groups excluding carboxylic acids is 1. The zero-order chi connectivity index (χ0) is 19.7. The van der Waals surface area contributed by atoms with Gasteiger partial charge in [-0.1, -0.05) is 53.7 Å². The molecule has 1 fully saturated rings. The van der Waals surface area contributed by atoms with Crippen molar-refractivity contribution in [2.24, 2.45) is 0 Å². The van der Waals surface area contributed by atoms with Crippen LogP contribution in [0.5, 0.6) is 0 Å². The molecule has 0 radical (unpaired) electrons. The van der Waals surface area contributed by atoms with E-state index in [9.17, 15) is 9.59 Å². The Bertz CT molecular complexity index is 1090. The molecule has 0 aliphatic heterocycles. The zero-order valence-corrected chi connectivity index (χ0v) is 17.0. The van der Waals surface area contributed by atoms with Gasteiger partial charge in [-0.2, -0.15) is 0 Å². The Hall–Kier alpha value is -2.31. The molecule has 5 nitrogen and oxygen atoms in total. The Morgan fingerprint density at radius 1 is 1.25 bits per heavy atom. The first kappa shape index (κ1) is 19.0. The molecule has 1 atom stereocenters. The first-order valence-electron chi connectivity index (χ1n) is 9.23. The van der Waals surface area contributed by atoms with Crippen LogP contribution in [-0.2, 0) is 11.3 Å². The van der Waals surface area contributed by atoms with Gasteiger partial charge >= 0.3 is 0 Å². The molecule has 2 aromatic carbocycles. The van der Waals surface area contributed by atoms with Crippen molar-refractivity contribution in [3.05, 3.63) is 69.5 Å². The van der Waals surface area contributed by atoms with Crippen molar-refractivity contribution in [1.29, 1.82) is 0 Å². The highest BCUT2D eigenvalue weighted by Gasteiger charge is 2.27. The number of hydrogen-bond donors (Lipinski definition) is 1. The first-order chi connectivity index (χ1) is 13.5. The van der Waals surface area contributed by atoms with Gasteiger partial charge in [0.1, 0.15) is 0 Å². The van der Waals surface area contributed by atoms with Crippen LogP contribution < -0.4 is 10.9 Å². The van der Waals surface area contributed by atoms with E-state index in [0.717, 1.165) is 18.4 Å². The number of thioether (sulfide) groups is 1. The van der Waals surface area contributed by atoms with Crippen LogP contribution in [-0.4, -0.2) is 26.8 Å². The molecule has 1 aromatic heterocycles. The van der Waals surface area contributed by atoms with Crippen molar-refractivity contribution in [2.45, 2.75) is 42.8 Å². The van der Waals surface area contributed by atoms with Crippen molar-refractivity contribution in [3.63, 3.8) is 0 Å². The summed E-state index contributed by atoms with van der Waals surface area (Å²) in [5.74, 6) is -0.0285. The molecule has 1 aliphatic rings. The molecule has 0 bridgehead atoms. The maximum Gasteiger partial charge on any atom is 0.262 e. The molecular weight excluding hydrogens is 394 g/mol. The number of hydrogen-bond acceptors (Lipinski definition) is 4. The Morgan fingerprint density at radius 3 is 2.71 bits per heavy atom. The summed E-state index contributed by atoms with van der Waals surface area (Å²) in [5.41, 5.74) is 1.32. The fraction of sp³-hybridized carbons (Fsp3) is 0.286. The molecule has 1 heterocycles. The maximum atomic E-state index is 13.2. The van der Waals surface area contributed by atoms with Gasteiger partial charge in [-0.15, -0.1) is 0 Å². The summed E-state index contributed by atoms with van der Waals surface area (Å²) in [4.78, 5) is 30.3. The number of rotatable bonds is 6. The number of halogens is 1. The van der Waals surface area contributed by atoms with Crippen LogP contribution in [0, 0.1) is 0 Å². The number of nitrogens with zero attached hydrogens (tertiary/aromatic N) is 2. The summed E-state index contributed by atoms with van der Waals surface area (Å²) in [6.07, 6.45) is 2.07. The van der Waals surface area contributed by atoms with Crippen LogP contribution >= 0.6 is 23.4 Å². The van der Waals surface area contributed by atoms with E-state index in [-0.39, 0.29) is 16.7 Å². The van der Waals surface area contributed by atoms with Crippen molar-refractivity contribution < 1.29 is 4.79 Å². The molecule has 1 saturated carbocycles. The van der Waals surface area contributed by atoms with E-state index in [2.05, 4.69) is 10.3 Å². The van der Waals surface area contributed by atoms with Gasteiger partial charge in [0.25, 0.3) is 5.56 Å². The van der Waals surface area contributed by atoms with Crippen LogP contribution in [0.2, 0.25) is 5.02 Å². The van der Waals surface area contributed by atoms with Crippen LogP contribution in [0.1, 0.15) is 25.3 Å². The number of benzene rings is 2. The Labute approximate surface area is 172 Å². The third kappa shape index (κ3) is 4.08. The number of nitrogens with one attached hydrogen (secondary N) is 1. The Kier molecular flexibility index (Phi) is 5.42. The van der Waals surface area contributed by atoms with E-state index < -0.39 is 0 Å². The average molecular weight is 414 g/mol. The van der Waals surface area contributed by atoms with Gasteiger partial charge in [0, 0.05) is 11.1 Å². The highest BCUT2D eigenvalue weighted by molar-refractivity contribution is 8.00. The molecule has 4 rings (SSSR count). The number of amides is 1. The molecule has 1 amide bonds. The van der Waals surface area contributed by atoms with Crippen LogP contribution in [0.15, 0.2) is 58.5 Å². The number of carbonyl (C=O) groups is 1. The van der Waals surface area contributed by atoms with Gasteiger partial charge in [0.15, 0.2) is 5.16 Å². The monoisotopic (exact) mass is 413 g/mol. The van der Waals surface area contributed by atoms with E-state index in [0.29, 0.717) is 33.7 Å². The summed E-state index contributed by atoms with van der Waals surface area (Å²) in [6, 6.07) is 15.0. The quantitative estimate of drug-likeness (QED) is 0.492. The van der Waals surface area contributed by atoms with Gasteiger partial charge in [-0.25, -0.2) is 4.98 Å². The second-order valence-corrected chi connectivity index (χ2v) is 8.65. The lowest BCUT2D eigenvalue weighted by Gasteiger charge is -2.17. The fourth-order valence-electron chi connectivity index (χ4n) is 2.93. The summed E-state index contributed by atoms with van der Waals surface area (Å²) >= 11 is 7.61. The Balaban J connectivity index is 1.73. The van der Waals surface area contributed by atoms with E-state index in [1.54, 1.807) is 16.7 Å². The lowest BCUT2D eigenvalue weighted by Crippen LogP contribution is -2.33. The lowest BCUT2D eigenvalue weighted by molar-refractivity contribution is -0.120. The summed E-state index contributed by atoms with van der Waals surface area (Å²) in [6.45, 7) is 2.14. The number of aromatic nitrogens is 2. The van der Waals surface area contributed by atoms with E-state index in [1.807, 2.05) is 43.3 Å². The second kappa shape index (κ2) is 7.97. The largest absolute Gasteiger partial charge is 0.352 e. The minimum absolute atomic E-state index is 0.0285. The minimum Gasteiger partial charge on any atom is -0.352 e. The third-order valence-corrected chi connectivity index (χ3v) is 6.15. The molecular formula is C21H20ClN3O2S. The second-order valence-electron chi connectivity index (χ2n) is 6.94. The molecule has 144 valence electrons. The van der Waals surface area contributed by atoms with Crippen LogP contribution in [0.4, 0.5) is 0 Å². The molecule has 0 spiro atoms. The third-order valence-electron chi connectivity index (χ3n) is 4.69. The lowest BCUT2D eigenvalue weighted by atomic mass is 10.2. The zero-order valence-electron chi connectivity index (χ0n) is 15.4. The van der Waals surface area contributed by atoms with Gasteiger partial charge in [0.2, 0.25) is 5.91 Å². The molecule has 3 aromatic rings. The maximum absolute atomic E-state index is 13.2. The van der Waals surface area contributed by atoms with Crippen molar-refractivity contribution in [3.8, 4) is 0 Å². The number of para-hydroxylation sites is 1. The fourth-order valence-corrected chi connectivity index (χ4v) is 4.04. The molecule has 0 unspecified atom stereocenters. The van der Waals surface area contributed by atoms with Crippen LogP contribution in [0.25, 0.3) is 10.9 Å². The van der Waals surface area contributed by atoms with Crippen molar-refractivity contribution >= 4 is 40.2 Å². The van der Waals surface area contributed by atoms with Gasteiger partial charge in [-0.3, -0.25) is 14.2 Å². The minimum atomic E-state index is -0.355. The predicted molar refractivity (Wildman–Crippen MR) is 113 cm³/mol. The molecule has 1 aliphatic carbocycles. The van der Waals surface area contributed by atoms with Crippen LogP contribution in [0.3, 0.4) is 0 Å². The molecule has 28 heavy (non-hydrogen) atoms.